The normalized spacial score (nSPS) is 12.9. The third kappa shape index (κ3) is 2.43. The van der Waals surface area contributed by atoms with E-state index in [0.717, 1.165) is 41.4 Å². The number of aromatic nitrogens is 2. The number of aryl methyl sites for hydroxylation is 3. The number of hydrogen-bond donors (Lipinski definition) is 2. The van der Waals surface area contributed by atoms with E-state index in [1.165, 1.54) is 0 Å². The Kier molecular flexibility index (Phi) is 4.07. The van der Waals surface area contributed by atoms with Gasteiger partial charge in [0.15, 0.2) is 0 Å². The number of nitrogens with zero attached hydrogens (tertiary/aromatic N) is 2. The van der Waals surface area contributed by atoms with Gasteiger partial charge in [-0.25, -0.2) is 10.4 Å². The van der Waals surface area contributed by atoms with Gasteiger partial charge in [-0.3, -0.25) is 5.84 Å². The van der Waals surface area contributed by atoms with Crippen molar-refractivity contribution in [1.82, 2.24) is 15.0 Å². The van der Waals surface area contributed by atoms with Gasteiger partial charge in [0.05, 0.1) is 0 Å². The molecule has 0 aliphatic carbocycles. The van der Waals surface area contributed by atoms with Gasteiger partial charge in [-0.15, -0.1) is 0 Å². The maximum Gasteiger partial charge on any atom is 0.131 e. The van der Waals surface area contributed by atoms with Gasteiger partial charge in [-0.1, -0.05) is 6.92 Å². The predicted octanol–water partition coefficient (Wildman–Crippen LogP) is 2.36. The SMILES string of the molecule is CCCn1ccnc1C(NN)c1c(C)oc(C)c1C. The minimum absolute atomic E-state index is 0.140. The van der Waals surface area contributed by atoms with E-state index >= 15 is 0 Å². The van der Waals surface area contributed by atoms with E-state index in [4.69, 9.17) is 10.3 Å². The van der Waals surface area contributed by atoms with Gasteiger partial charge in [-0.2, -0.15) is 0 Å². The zero-order valence-corrected chi connectivity index (χ0v) is 12.0. The third-order valence-electron chi connectivity index (χ3n) is 3.54. The topological polar surface area (TPSA) is 69.0 Å². The molecule has 0 aliphatic heterocycles. The summed E-state index contributed by atoms with van der Waals surface area (Å²) in [6, 6.07) is -0.140. The summed E-state index contributed by atoms with van der Waals surface area (Å²) in [6.07, 6.45) is 4.86. The highest BCUT2D eigenvalue weighted by molar-refractivity contribution is 5.37. The molecular formula is C14H22N4O. The molecule has 104 valence electrons. The van der Waals surface area contributed by atoms with Crippen LogP contribution in [-0.2, 0) is 6.54 Å². The Morgan fingerprint density at radius 1 is 1.37 bits per heavy atom. The highest BCUT2D eigenvalue weighted by atomic mass is 16.3. The van der Waals surface area contributed by atoms with E-state index in [2.05, 4.69) is 28.8 Å². The molecule has 0 fully saturated rings. The van der Waals surface area contributed by atoms with Crippen LogP contribution in [0, 0.1) is 20.8 Å². The number of furan rings is 1. The fourth-order valence-corrected chi connectivity index (χ4v) is 2.53. The Hall–Kier alpha value is -1.59. The minimum Gasteiger partial charge on any atom is -0.466 e. The quantitative estimate of drug-likeness (QED) is 0.641. The van der Waals surface area contributed by atoms with Crippen LogP contribution in [0.25, 0.3) is 0 Å². The third-order valence-corrected chi connectivity index (χ3v) is 3.54. The largest absolute Gasteiger partial charge is 0.466 e. The maximum atomic E-state index is 5.76. The van der Waals surface area contributed by atoms with Gasteiger partial charge in [0.2, 0.25) is 0 Å². The fourth-order valence-electron chi connectivity index (χ4n) is 2.53. The second-order valence-electron chi connectivity index (χ2n) is 4.83. The molecule has 2 aromatic heterocycles. The Bertz CT molecular complexity index is 556. The maximum absolute atomic E-state index is 5.76. The van der Waals surface area contributed by atoms with E-state index in [0.29, 0.717) is 0 Å². The summed E-state index contributed by atoms with van der Waals surface area (Å²) >= 11 is 0. The molecule has 3 N–H and O–H groups in total. The first-order chi connectivity index (χ1) is 9.10. The summed E-state index contributed by atoms with van der Waals surface area (Å²) in [7, 11) is 0. The molecule has 0 saturated carbocycles. The second kappa shape index (κ2) is 5.59. The van der Waals surface area contributed by atoms with Crippen LogP contribution < -0.4 is 11.3 Å². The Morgan fingerprint density at radius 3 is 2.63 bits per heavy atom. The monoisotopic (exact) mass is 262 g/mol. The summed E-state index contributed by atoms with van der Waals surface area (Å²) < 4.78 is 7.82. The van der Waals surface area contributed by atoms with Crippen LogP contribution in [0.2, 0.25) is 0 Å². The summed E-state index contributed by atoms with van der Waals surface area (Å²) in [4.78, 5) is 4.45. The first kappa shape index (κ1) is 13.8. The summed E-state index contributed by atoms with van der Waals surface area (Å²) in [5.74, 6) is 8.51. The molecular weight excluding hydrogens is 240 g/mol. The van der Waals surface area contributed by atoms with Crippen molar-refractivity contribution in [1.29, 1.82) is 0 Å². The standard InChI is InChI=1S/C14H22N4O/c1-5-7-18-8-6-16-14(18)13(17-15)12-9(2)10(3)19-11(12)4/h6,8,13,17H,5,7,15H2,1-4H3. The van der Waals surface area contributed by atoms with E-state index < -0.39 is 0 Å². The summed E-state index contributed by atoms with van der Waals surface area (Å²) in [6.45, 7) is 9.07. The van der Waals surface area contributed by atoms with Crippen molar-refractivity contribution in [2.45, 2.75) is 46.7 Å². The smallest absolute Gasteiger partial charge is 0.131 e. The molecule has 0 spiro atoms. The van der Waals surface area contributed by atoms with Crippen LogP contribution in [0.5, 0.6) is 0 Å². The van der Waals surface area contributed by atoms with Crippen molar-refractivity contribution in [3.8, 4) is 0 Å². The number of nitrogens with two attached hydrogens (primary N) is 1. The molecule has 0 radical (unpaired) electrons. The van der Waals surface area contributed by atoms with Gasteiger partial charge in [0, 0.05) is 24.5 Å². The lowest BCUT2D eigenvalue weighted by molar-refractivity contribution is 0.487. The van der Waals surface area contributed by atoms with Crippen LogP contribution in [-0.4, -0.2) is 9.55 Å². The molecule has 0 bridgehead atoms. The second-order valence-corrected chi connectivity index (χ2v) is 4.83. The first-order valence-corrected chi connectivity index (χ1v) is 6.63. The molecule has 2 heterocycles. The molecule has 0 saturated heterocycles. The van der Waals surface area contributed by atoms with E-state index in [1.807, 2.05) is 26.2 Å². The van der Waals surface area contributed by atoms with Crippen molar-refractivity contribution < 1.29 is 4.42 Å². The van der Waals surface area contributed by atoms with Crippen LogP contribution in [0.3, 0.4) is 0 Å². The number of rotatable bonds is 5. The van der Waals surface area contributed by atoms with Crippen molar-refractivity contribution in [2.75, 3.05) is 0 Å². The van der Waals surface area contributed by atoms with E-state index in [-0.39, 0.29) is 6.04 Å². The van der Waals surface area contributed by atoms with Crippen molar-refractivity contribution in [3.63, 3.8) is 0 Å². The van der Waals surface area contributed by atoms with Crippen LogP contribution >= 0.6 is 0 Å². The number of hydrazine groups is 1. The Balaban J connectivity index is 2.47. The molecule has 5 nitrogen and oxygen atoms in total. The molecule has 1 unspecified atom stereocenters. The highest BCUT2D eigenvalue weighted by Crippen LogP contribution is 2.30. The first-order valence-electron chi connectivity index (χ1n) is 6.63. The lowest BCUT2D eigenvalue weighted by Gasteiger charge is -2.18. The van der Waals surface area contributed by atoms with E-state index in [1.54, 1.807) is 0 Å². The molecule has 5 heteroatoms. The minimum atomic E-state index is -0.140. The lowest BCUT2D eigenvalue weighted by Crippen LogP contribution is -2.31. The van der Waals surface area contributed by atoms with Crippen molar-refractivity contribution >= 4 is 0 Å². The predicted molar refractivity (Wildman–Crippen MR) is 74.6 cm³/mol. The Labute approximate surface area is 113 Å². The molecule has 1 atom stereocenters. The van der Waals surface area contributed by atoms with Gasteiger partial charge < -0.3 is 8.98 Å². The molecule has 19 heavy (non-hydrogen) atoms. The van der Waals surface area contributed by atoms with Gasteiger partial charge in [-0.05, 0) is 32.8 Å². The lowest BCUT2D eigenvalue weighted by atomic mass is 10.0. The van der Waals surface area contributed by atoms with Crippen molar-refractivity contribution in [3.05, 3.63) is 40.9 Å². The average molecular weight is 262 g/mol. The number of imidazole rings is 1. The molecule has 0 aromatic carbocycles. The molecule has 2 aromatic rings. The molecule has 2 rings (SSSR count). The van der Waals surface area contributed by atoms with Crippen LogP contribution in [0.15, 0.2) is 16.8 Å². The fraction of sp³-hybridized carbons (Fsp3) is 0.500. The van der Waals surface area contributed by atoms with Gasteiger partial charge in [0.1, 0.15) is 23.4 Å². The van der Waals surface area contributed by atoms with Crippen molar-refractivity contribution in [2.24, 2.45) is 5.84 Å². The van der Waals surface area contributed by atoms with Gasteiger partial charge in [0.25, 0.3) is 0 Å². The summed E-state index contributed by atoms with van der Waals surface area (Å²) in [5.41, 5.74) is 5.09. The summed E-state index contributed by atoms with van der Waals surface area (Å²) in [5, 5.41) is 0. The number of nitrogens with one attached hydrogen (secondary N) is 1. The number of hydrogen-bond acceptors (Lipinski definition) is 4. The van der Waals surface area contributed by atoms with Gasteiger partial charge >= 0.3 is 0 Å². The average Bonchev–Trinajstić information content (AvgIpc) is 2.91. The van der Waals surface area contributed by atoms with E-state index in [9.17, 15) is 0 Å². The molecule has 0 amide bonds. The van der Waals surface area contributed by atoms with Crippen LogP contribution in [0.1, 0.15) is 47.9 Å². The zero-order chi connectivity index (χ0) is 14.0. The molecule has 0 aliphatic rings. The van der Waals surface area contributed by atoms with Crippen LogP contribution in [0.4, 0.5) is 0 Å². The highest BCUT2D eigenvalue weighted by Gasteiger charge is 2.24. The Morgan fingerprint density at radius 2 is 2.11 bits per heavy atom. The zero-order valence-electron chi connectivity index (χ0n) is 12.0.